The number of hydrogen-bond donors (Lipinski definition) is 5. The third kappa shape index (κ3) is 4.91. The number of aliphatic imine (C=N–C) groups is 1. The lowest BCUT2D eigenvalue weighted by Gasteiger charge is -2.61. The van der Waals surface area contributed by atoms with Crippen molar-refractivity contribution >= 4 is 45.7 Å². The summed E-state index contributed by atoms with van der Waals surface area (Å²) in [6.45, 7) is 2.58. The first-order chi connectivity index (χ1) is 16.8. The normalized spacial score (nSPS) is 25.2. The van der Waals surface area contributed by atoms with Crippen LogP contribution in [0.25, 0.3) is 0 Å². The summed E-state index contributed by atoms with van der Waals surface area (Å²) >= 11 is 5.81. The van der Waals surface area contributed by atoms with Gasteiger partial charge in [0.05, 0.1) is 16.3 Å². The number of nitrogens with zero attached hydrogens (tertiary/aromatic N) is 3. The van der Waals surface area contributed by atoms with E-state index in [2.05, 4.69) is 20.6 Å². The number of benzene rings is 1. The van der Waals surface area contributed by atoms with Gasteiger partial charge in [0.25, 0.3) is 5.91 Å². The van der Waals surface area contributed by atoms with Crippen LogP contribution >= 0.6 is 22.2 Å². The van der Waals surface area contributed by atoms with Crippen molar-refractivity contribution in [2.75, 3.05) is 31.2 Å². The molecule has 2 amide bonds. The highest BCUT2D eigenvalue weighted by Crippen LogP contribution is 2.62. The molecule has 1 unspecified atom stereocenters. The fraction of sp³-hybridized carbons (Fsp3) is 0.391. The highest BCUT2D eigenvalue weighted by Gasteiger charge is 2.57. The Balaban J connectivity index is 1.70. The number of halogens is 2. The summed E-state index contributed by atoms with van der Waals surface area (Å²) in [5.74, 6) is -1.57. The zero-order valence-corrected chi connectivity index (χ0v) is 21.2. The van der Waals surface area contributed by atoms with Gasteiger partial charge in [-0.05, 0) is 57.1 Å². The lowest BCUT2D eigenvalue weighted by Crippen LogP contribution is -2.66. The number of rotatable bonds is 3. The number of likely N-dealkylation sites (tertiary alicyclic amines) is 1. The number of amides is 2. The fourth-order valence-corrected chi connectivity index (χ4v) is 7.42. The summed E-state index contributed by atoms with van der Waals surface area (Å²) in [6, 6.07) is 6.84. The van der Waals surface area contributed by atoms with Crippen LogP contribution in [0.15, 0.2) is 41.5 Å². The molecule has 2 fully saturated rings. The van der Waals surface area contributed by atoms with Crippen LogP contribution in [0, 0.1) is 5.82 Å². The number of piperidine rings is 1. The van der Waals surface area contributed by atoms with Crippen molar-refractivity contribution < 1.29 is 28.2 Å². The number of aromatic nitrogens is 1. The van der Waals surface area contributed by atoms with Crippen LogP contribution in [-0.4, -0.2) is 72.6 Å². The van der Waals surface area contributed by atoms with Crippen molar-refractivity contribution in [2.45, 2.75) is 30.1 Å². The predicted molar refractivity (Wildman–Crippen MR) is 137 cm³/mol. The third-order valence-corrected chi connectivity index (χ3v) is 9.78. The minimum absolute atomic E-state index is 0.0187. The summed E-state index contributed by atoms with van der Waals surface area (Å²) < 4.78 is 36.6. The highest BCUT2D eigenvalue weighted by atomic mass is 35.5. The smallest absolute Gasteiger partial charge is 0.432 e. The molecule has 4 rings (SSSR count). The Bertz CT molecular complexity index is 1220. The zero-order valence-electron chi connectivity index (χ0n) is 19.7. The highest BCUT2D eigenvalue weighted by molar-refractivity contribution is 8.26. The molecule has 10 nitrogen and oxygen atoms in total. The first kappa shape index (κ1) is 26.3. The van der Waals surface area contributed by atoms with Gasteiger partial charge in [-0.2, -0.15) is 15.6 Å². The Morgan fingerprint density at radius 2 is 1.94 bits per heavy atom. The van der Waals surface area contributed by atoms with Crippen LogP contribution in [0.4, 0.5) is 14.9 Å². The zero-order chi connectivity index (χ0) is 26.3. The van der Waals surface area contributed by atoms with Crippen molar-refractivity contribution in [3.8, 4) is 0 Å². The maximum absolute atomic E-state index is 15.1. The first-order valence-electron chi connectivity index (χ1n) is 11.1. The maximum Gasteiger partial charge on any atom is 0.432 e. The van der Waals surface area contributed by atoms with E-state index >= 15 is 4.39 Å². The number of carboxylic acid groups (broad SMARTS) is 1. The molecule has 1 spiro atoms. The molecule has 3 heterocycles. The average Bonchev–Trinajstić information content (AvgIpc) is 2.79. The molecule has 36 heavy (non-hydrogen) atoms. The summed E-state index contributed by atoms with van der Waals surface area (Å²) in [5, 5.41) is 15.5. The summed E-state index contributed by atoms with van der Waals surface area (Å²) in [7, 11) is -1.59. The van der Waals surface area contributed by atoms with Crippen LogP contribution < -0.4 is 10.6 Å². The molecule has 0 bridgehead atoms. The van der Waals surface area contributed by atoms with Crippen LogP contribution in [0.2, 0.25) is 5.02 Å². The van der Waals surface area contributed by atoms with Crippen LogP contribution in [-0.2, 0) is 5.54 Å². The number of nitrogens with one attached hydrogen (secondary N) is 2. The number of carbonyl (C=O) groups is 2. The lowest BCUT2D eigenvalue weighted by molar-refractivity contribution is 0.102. The summed E-state index contributed by atoms with van der Waals surface area (Å²) in [5.41, 5.74) is -1.07. The van der Waals surface area contributed by atoms with Crippen molar-refractivity contribution in [3.05, 3.63) is 58.6 Å². The third-order valence-electron chi connectivity index (χ3n) is 6.72. The molecule has 2 saturated heterocycles. The number of carbonyl (C=O) groups excluding carboxylic acids is 1. The second-order valence-electron chi connectivity index (χ2n) is 9.32. The molecule has 0 saturated carbocycles. The van der Waals surface area contributed by atoms with Gasteiger partial charge in [0.2, 0.25) is 0 Å². The Kier molecular flexibility index (Phi) is 7.01. The molecule has 2 aromatic rings. The minimum Gasteiger partial charge on any atom is -0.463 e. The van der Waals surface area contributed by atoms with E-state index in [-0.39, 0.29) is 41.4 Å². The van der Waals surface area contributed by atoms with Crippen molar-refractivity contribution in [1.29, 1.82) is 0 Å². The van der Waals surface area contributed by atoms with Crippen molar-refractivity contribution in [3.63, 3.8) is 0 Å². The van der Waals surface area contributed by atoms with E-state index < -0.39 is 38.7 Å². The van der Waals surface area contributed by atoms with Gasteiger partial charge in [-0.15, -0.1) is 0 Å². The topological polar surface area (TPSA) is 147 Å². The molecule has 1 atom stereocenters. The van der Waals surface area contributed by atoms with E-state index in [9.17, 15) is 23.8 Å². The maximum atomic E-state index is 15.1. The van der Waals surface area contributed by atoms with Gasteiger partial charge < -0.3 is 20.6 Å². The van der Waals surface area contributed by atoms with Crippen molar-refractivity contribution in [1.82, 2.24) is 15.2 Å². The molecule has 194 valence electrons. The molecule has 13 heteroatoms. The fourth-order valence-electron chi connectivity index (χ4n) is 4.75. The summed E-state index contributed by atoms with van der Waals surface area (Å²) in [4.78, 5) is 33.8. The quantitative estimate of drug-likeness (QED) is 0.389. The Morgan fingerprint density at radius 3 is 2.56 bits per heavy atom. The van der Waals surface area contributed by atoms with E-state index in [1.54, 1.807) is 6.92 Å². The standard InChI is InChI=1S/C23H27ClFN5O5S/c1-22(13-36(34,35)23(7-9-30(2)10-8-23)20(29-22)28-21(32)33)16-11-15(4-5-17(16)25)27-19(31)18-6-3-14(24)12-26-18/h3-6,11-12,34-35H,7-10,13H2,1-2H3,(H,27,31)(H,28,29)(H,32,33). The van der Waals surface area contributed by atoms with E-state index in [0.717, 1.165) is 6.07 Å². The Labute approximate surface area is 213 Å². The van der Waals surface area contributed by atoms with Gasteiger partial charge in [-0.25, -0.2) is 14.2 Å². The molecule has 2 aliphatic rings. The minimum atomic E-state index is -3.48. The molecular weight excluding hydrogens is 513 g/mol. The SMILES string of the molecule is CN1CCC2(CC1)C(=NC(=O)O)NC(C)(c1cc(NC(=O)c3ccc(Cl)cn3)ccc1F)CS2(O)O. The van der Waals surface area contributed by atoms with E-state index in [0.29, 0.717) is 18.1 Å². The number of hydrogen-bond acceptors (Lipinski definition) is 6. The largest absolute Gasteiger partial charge is 0.463 e. The van der Waals surface area contributed by atoms with E-state index in [1.807, 2.05) is 11.9 Å². The lowest BCUT2D eigenvalue weighted by atomic mass is 9.88. The van der Waals surface area contributed by atoms with Crippen LogP contribution in [0.3, 0.4) is 0 Å². The van der Waals surface area contributed by atoms with Gasteiger partial charge in [0.1, 0.15) is 22.1 Å². The number of pyridine rings is 1. The predicted octanol–water partition coefficient (Wildman–Crippen LogP) is 4.24. The van der Waals surface area contributed by atoms with Gasteiger partial charge >= 0.3 is 6.09 Å². The molecule has 5 N–H and O–H groups in total. The second-order valence-corrected chi connectivity index (χ2v) is 12.2. The monoisotopic (exact) mass is 539 g/mol. The molecule has 0 radical (unpaired) electrons. The number of amidine groups is 1. The molecular formula is C23H27ClFN5O5S. The molecule has 2 aliphatic heterocycles. The van der Waals surface area contributed by atoms with E-state index in [4.69, 9.17) is 11.6 Å². The molecule has 0 aliphatic carbocycles. The summed E-state index contributed by atoms with van der Waals surface area (Å²) in [6.07, 6.45) is 0.403. The number of anilines is 1. The van der Waals surface area contributed by atoms with Crippen molar-refractivity contribution in [2.24, 2.45) is 4.99 Å². The van der Waals surface area contributed by atoms with Crippen LogP contribution in [0.1, 0.15) is 35.8 Å². The van der Waals surface area contributed by atoms with E-state index in [1.165, 1.54) is 30.5 Å². The van der Waals surface area contributed by atoms with Crippen LogP contribution in [0.5, 0.6) is 0 Å². The molecule has 1 aromatic heterocycles. The van der Waals surface area contributed by atoms with Gasteiger partial charge in [0.15, 0.2) is 0 Å². The molecule has 1 aromatic carbocycles. The average molecular weight is 540 g/mol. The van der Waals surface area contributed by atoms with Gasteiger partial charge in [0, 0.05) is 30.5 Å². The first-order valence-corrected chi connectivity index (χ1v) is 13.2. The van der Waals surface area contributed by atoms with Gasteiger partial charge in [-0.3, -0.25) is 13.9 Å². The Morgan fingerprint density at radius 1 is 1.25 bits per heavy atom. The second kappa shape index (κ2) is 9.60. The Hall–Kier alpha value is -2.77. The van der Waals surface area contributed by atoms with Gasteiger partial charge in [-0.1, -0.05) is 11.6 Å².